The number of benzene rings is 2. The van der Waals surface area contributed by atoms with Gasteiger partial charge >= 0.3 is 0 Å². The summed E-state index contributed by atoms with van der Waals surface area (Å²) in [6.07, 6.45) is 0. The fourth-order valence-corrected chi connectivity index (χ4v) is 1.73. The zero-order valence-corrected chi connectivity index (χ0v) is 10.7. The quantitative estimate of drug-likeness (QED) is 0.899. The minimum Gasteiger partial charge on any atom is -0.489 e. The van der Waals surface area contributed by atoms with Crippen LogP contribution in [0.2, 0.25) is 5.02 Å². The predicted molar refractivity (Wildman–Crippen MR) is 71.7 cm³/mol. The van der Waals surface area contributed by atoms with E-state index in [-0.39, 0.29) is 12.4 Å². The lowest BCUT2D eigenvalue weighted by Gasteiger charge is -2.08. The Bertz CT molecular complexity index is 528. The van der Waals surface area contributed by atoms with Crippen LogP contribution in [0.3, 0.4) is 0 Å². The lowest BCUT2D eigenvalue weighted by atomic mass is 10.2. The molecule has 0 heterocycles. The summed E-state index contributed by atoms with van der Waals surface area (Å²) in [6.45, 7) is 0.158. The first kappa shape index (κ1) is 12.7. The van der Waals surface area contributed by atoms with Gasteiger partial charge in [0.05, 0.1) is 0 Å². The second-order valence-electron chi connectivity index (χ2n) is 3.80. The van der Waals surface area contributed by atoms with Crippen LogP contribution < -0.4 is 10.1 Å². The van der Waals surface area contributed by atoms with Crippen LogP contribution >= 0.6 is 11.6 Å². The van der Waals surface area contributed by atoms with Gasteiger partial charge in [-0.05, 0) is 42.5 Å². The van der Waals surface area contributed by atoms with Gasteiger partial charge in [0.25, 0.3) is 0 Å². The van der Waals surface area contributed by atoms with Crippen molar-refractivity contribution < 1.29 is 9.13 Å². The van der Waals surface area contributed by atoms with Crippen molar-refractivity contribution in [2.24, 2.45) is 0 Å². The molecular formula is C14H13ClFNO. The van der Waals surface area contributed by atoms with Gasteiger partial charge in [0.15, 0.2) is 0 Å². The Morgan fingerprint density at radius 1 is 1.17 bits per heavy atom. The molecule has 0 aliphatic heterocycles. The third-order valence-electron chi connectivity index (χ3n) is 2.55. The monoisotopic (exact) mass is 265 g/mol. The molecule has 94 valence electrons. The van der Waals surface area contributed by atoms with Gasteiger partial charge in [-0.2, -0.15) is 0 Å². The molecule has 4 heteroatoms. The van der Waals surface area contributed by atoms with Crippen molar-refractivity contribution in [1.29, 1.82) is 0 Å². The normalized spacial score (nSPS) is 10.2. The van der Waals surface area contributed by atoms with E-state index in [0.29, 0.717) is 16.3 Å². The molecule has 0 radical (unpaired) electrons. The fourth-order valence-electron chi connectivity index (χ4n) is 1.53. The molecule has 0 saturated carbocycles. The van der Waals surface area contributed by atoms with Crippen LogP contribution in [0.4, 0.5) is 10.1 Å². The average molecular weight is 266 g/mol. The first-order valence-corrected chi connectivity index (χ1v) is 5.91. The van der Waals surface area contributed by atoms with E-state index in [1.54, 1.807) is 6.07 Å². The van der Waals surface area contributed by atoms with Gasteiger partial charge in [-0.1, -0.05) is 11.6 Å². The van der Waals surface area contributed by atoms with Crippen LogP contribution in [0, 0.1) is 5.82 Å². The maximum atomic E-state index is 13.4. The van der Waals surface area contributed by atoms with Crippen LogP contribution in [0.1, 0.15) is 5.56 Å². The maximum Gasteiger partial charge on any atom is 0.129 e. The summed E-state index contributed by atoms with van der Waals surface area (Å²) < 4.78 is 18.9. The van der Waals surface area contributed by atoms with Crippen molar-refractivity contribution in [2.75, 3.05) is 12.4 Å². The van der Waals surface area contributed by atoms with Gasteiger partial charge in [-0.25, -0.2) is 4.39 Å². The van der Waals surface area contributed by atoms with Gasteiger partial charge < -0.3 is 10.1 Å². The smallest absolute Gasteiger partial charge is 0.129 e. The SMILES string of the molecule is CNc1ccc(OCc2cc(Cl)ccc2F)cc1. The highest BCUT2D eigenvalue weighted by Crippen LogP contribution is 2.19. The molecule has 0 aliphatic carbocycles. The average Bonchev–Trinajstić information content (AvgIpc) is 2.40. The molecular weight excluding hydrogens is 253 g/mol. The Morgan fingerprint density at radius 2 is 1.89 bits per heavy atom. The molecule has 0 fully saturated rings. The fraction of sp³-hybridized carbons (Fsp3) is 0.143. The van der Waals surface area contributed by atoms with Crippen LogP contribution in [0.5, 0.6) is 5.75 Å². The van der Waals surface area contributed by atoms with E-state index in [9.17, 15) is 4.39 Å². The first-order valence-electron chi connectivity index (χ1n) is 5.53. The number of halogens is 2. The standard InChI is InChI=1S/C14H13ClFNO/c1-17-12-3-5-13(6-4-12)18-9-10-8-11(15)2-7-14(10)16/h2-8,17H,9H2,1H3. The van der Waals surface area contributed by atoms with Gasteiger partial charge in [0, 0.05) is 23.3 Å². The number of nitrogens with one attached hydrogen (secondary N) is 1. The van der Waals surface area contributed by atoms with Crippen LogP contribution in [-0.4, -0.2) is 7.05 Å². The predicted octanol–water partition coefficient (Wildman–Crippen LogP) is 4.10. The third kappa shape index (κ3) is 3.14. The van der Waals surface area contributed by atoms with Crippen LogP contribution in [0.25, 0.3) is 0 Å². The van der Waals surface area contributed by atoms with Crippen molar-refractivity contribution in [3.8, 4) is 5.75 Å². The Balaban J connectivity index is 2.04. The van der Waals surface area contributed by atoms with E-state index < -0.39 is 0 Å². The summed E-state index contributed by atoms with van der Waals surface area (Å²) in [6, 6.07) is 11.9. The Kier molecular flexibility index (Phi) is 4.05. The van der Waals surface area contributed by atoms with Crippen LogP contribution in [-0.2, 0) is 6.61 Å². The highest BCUT2D eigenvalue weighted by atomic mass is 35.5. The summed E-state index contributed by atoms with van der Waals surface area (Å²) >= 11 is 5.81. The molecule has 0 atom stereocenters. The number of hydrogen-bond acceptors (Lipinski definition) is 2. The molecule has 2 aromatic carbocycles. The topological polar surface area (TPSA) is 21.3 Å². The molecule has 2 aromatic rings. The largest absolute Gasteiger partial charge is 0.489 e. The number of ether oxygens (including phenoxy) is 1. The summed E-state index contributed by atoms with van der Waals surface area (Å²) in [7, 11) is 1.84. The Hall–Kier alpha value is -1.74. The molecule has 2 rings (SSSR count). The summed E-state index contributed by atoms with van der Waals surface area (Å²) in [4.78, 5) is 0. The Morgan fingerprint density at radius 3 is 2.56 bits per heavy atom. The maximum absolute atomic E-state index is 13.4. The number of rotatable bonds is 4. The van der Waals surface area contributed by atoms with E-state index in [4.69, 9.17) is 16.3 Å². The number of hydrogen-bond donors (Lipinski definition) is 1. The molecule has 0 aromatic heterocycles. The highest BCUT2D eigenvalue weighted by molar-refractivity contribution is 6.30. The van der Waals surface area contributed by atoms with Crippen molar-refractivity contribution in [3.63, 3.8) is 0 Å². The summed E-state index contributed by atoms with van der Waals surface area (Å²) in [5.74, 6) is 0.375. The lowest BCUT2D eigenvalue weighted by Crippen LogP contribution is -1.98. The third-order valence-corrected chi connectivity index (χ3v) is 2.78. The van der Waals surface area contributed by atoms with E-state index in [1.165, 1.54) is 12.1 Å². The highest BCUT2D eigenvalue weighted by Gasteiger charge is 2.04. The molecule has 0 unspecified atom stereocenters. The van der Waals surface area contributed by atoms with E-state index in [0.717, 1.165) is 5.69 Å². The summed E-state index contributed by atoms with van der Waals surface area (Å²) in [5, 5.41) is 3.51. The zero-order chi connectivity index (χ0) is 13.0. The second-order valence-corrected chi connectivity index (χ2v) is 4.24. The molecule has 0 amide bonds. The molecule has 18 heavy (non-hydrogen) atoms. The van der Waals surface area contributed by atoms with Gasteiger partial charge in [-0.3, -0.25) is 0 Å². The molecule has 0 aliphatic rings. The molecule has 1 N–H and O–H groups in total. The minimum absolute atomic E-state index is 0.158. The number of anilines is 1. The second kappa shape index (κ2) is 5.74. The van der Waals surface area contributed by atoms with Crippen molar-refractivity contribution in [2.45, 2.75) is 6.61 Å². The first-order chi connectivity index (χ1) is 8.69. The van der Waals surface area contributed by atoms with E-state index in [2.05, 4.69) is 5.32 Å². The molecule has 2 nitrogen and oxygen atoms in total. The van der Waals surface area contributed by atoms with Crippen molar-refractivity contribution in [1.82, 2.24) is 0 Å². The van der Waals surface area contributed by atoms with Gasteiger partial charge in [0.1, 0.15) is 18.2 Å². The molecule has 0 bridgehead atoms. The van der Waals surface area contributed by atoms with Crippen molar-refractivity contribution in [3.05, 3.63) is 58.9 Å². The van der Waals surface area contributed by atoms with Gasteiger partial charge in [0.2, 0.25) is 0 Å². The lowest BCUT2D eigenvalue weighted by molar-refractivity contribution is 0.300. The van der Waals surface area contributed by atoms with E-state index in [1.807, 2.05) is 31.3 Å². The molecule has 0 spiro atoms. The molecule has 0 saturated heterocycles. The van der Waals surface area contributed by atoms with Crippen LogP contribution in [0.15, 0.2) is 42.5 Å². The summed E-state index contributed by atoms with van der Waals surface area (Å²) in [5.41, 5.74) is 1.44. The van der Waals surface area contributed by atoms with E-state index >= 15 is 0 Å². The minimum atomic E-state index is -0.314. The Labute approximate surface area is 110 Å². The van der Waals surface area contributed by atoms with Crippen molar-refractivity contribution >= 4 is 17.3 Å². The van der Waals surface area contributed by atoms with Gasteiger partial charge in [-0.15, -0.1) is 0 Å². The zero-order valence-electron chi connectivity index (χ0n) is 9.91.